The van der Waals surface area contributed by atoms with Crippen LogP contribution >= 0.6 is 0 Å². The third-order valence-corrected chi connectivity index (χ3v) is 4.75. The first-order valence-corrected chi connectivity index (χ1v) is 8.97. The van der Waals surface area contributed by atoms with Gasteiger partial charge in [0.1, 0.15) is 0 Å². The molecule has 0 saturated carbocycles. The molecule has 1 N–H and O–H groups in total. The molecule has 136 valence electrons. The Morgan fingerprint density at radius 3 is 2.35 bits per heavy atom. The van der Waals surface area contributed by atoms with Gasteiger partial charge in [0.25, 0.3) is 0 Å². The Bertz CT molecular complexity index is 778. The number of ketones is 1. The number of amides is 2. The fourth-order valence-corrected chi connectivity index (χ4v) is 3.08. The van der Waals surface area contributed by atoms with E-state index >= 15 is 0 Å². The first kappa shape index (κ1) is 18.0. The number of piperazine rings is 1. The highest BCUT2D eigenvalue weighted by Crippen LogP contribution is 2.18. The van der Waals surface area contributed by atoms with E-state index in [9.17, 15) is 9.59 Å². The molecule has 3 rings (SSSR count). The lowest BCUT2D eigenvalue weighted by Gasteiger charge is -2.36. The Labute approximate surface area is 154 Å². The molecule has 1 aliphatic rings. The SMILES string of the molecule is CC(=O)c1cccc(N2CCN(C(=O)NCc3ccc(C)cc3)CC2)c1. The van der Waals surface area contributed by atoms with E-state index in [-0.39, 0.29) is 11.8 Å². The molecule has 26 heavy (non-hydrogen) atoms. The number of nitrogens with zero attached hydrogens (tertiary/aromatic N) is 2. The Morgan fingerprint density at radius 2 is 1.69 bits per heavy atom. The summed E-state index contributed by atoms with van der Waals surface area (Å²) in [5.41, 5.74) is 4.08. The molecule has 0 aromatic heterocycles. The molecule has 1 saturated heterocycles. The number of aryl methyl sites for hydroxylation is 1. The monoisotopic (exact) mass is 351 g/mol. The van der Waals surface area contributed by atoms with E-state index in [0.29, 0.717) is 19.6 Å². The largest absolute Gasteiger partial charge is 0.368 e. The van der Waals surface area contributed by atoms with E-state index < -0.39 is 0 Å². The highest BCUT2D eigenvalue weighted by molar-refractivity contribution is 5.95. The zero-order valence-electron chi connectivity index (χ0n) is 15.4. The highest BCUT2D eigenvalue weighted by atomic mass is 16.2. The van der Waals surface area contributed by atoms with Gasteiger partial charge < -0.3 is 15.1 Å². The third-order valence-electron chi connectivity index (χ3n) is 4.75. The third kappa shape index (κ3) is 4.42. The molecule has 2 amide bonds. The number of anilines is 1. The number of rotatable bonds is 4. The molecule has 5 heteroatoms. The first-order valence-electron chi connectivity index (χ1n) is 8.97. The normalized spacial score (nSPS) is 14.2. The minimum Gasteiger partial charge on any atom is -0.368 e. The predicted molar refractivity (Wildman–Crippen MR) is 104 cm³/mol. The number of hydrogen-bond donors (Lipinski definition) is 1. The molecule has 1 aliphatic heterocycles. The van der Waals surface area contributed by atoms with Crippen LogP contribution < -0.4 is 10.2 Å². The molecule has 2 aromatic carbocycles. The number of carbonyl (C=O) groups is 2. The van der Waals surface area contributed by atoms with Crippen LogP contribution in [0.4, 0.5) is 10.5 Å². The number of benzene rings is 2. The van der Waals surface area contributed by atoms with Crippen molar-refractivity contribution < 1.29 is 9.59 Å². The van der Waals surface area contributed by atoms with Gasteiger partial charge in [-0.1, -0.05) is 42.0 Å². The topological polar surface area (TPSA) is 52.7 Å². The Balaban J connectivity index is 1.51. The van der Waals surface area contributed by atoms with E-state index in [0.717, 1.165) is 29.9 Å². The van der Waals surface area contributed by atoms with Gasteiger partial charge in [0.2, 0.25) is 0 Å². The standard InChI is InChI=1S/C21H25N3O2/c1-16-6-8-18(9-7-16)15-22-21(26)24-12-10-23(11-13-24)20-5-3-4-19(14-20)17(2)25/h3-9,14H,10-13,15H2,1-2H3,(H,22,26). The number of hydrogen-bond acceptors (Lipinski definition) is 3. The summed E-state index contributed by atoms with van der Waals surface area (Å²) >= 11 is 0. The van der Waals surface area contributed by atoms with Crippen molar-refractivity contribution in [2.24, 2.45) is 0 Å². The van der Waals surface area contributed by atoms with Crippen molar-refractivity contribution in [3.63, 3.8) is 0 Å². The van der Waals surface area contributed by atoms with Gasteiger partial charge in [0, 0.05) is 44.0 Å². The molecular weight excluding hydrogens is 326 g/mol. The van der Waals surface area contributed by atoms with Crippen LogP contribution in [0.5, 0.6) is 0 Å². The second-order valence-electron chi connectivity index (χ2n) is 6.72. The van der Waals surface area contributed by atoms with Gasteiger partial charge in [-0.15, -0.1) is 0 Å². The molecule has 0 bridgehead atoms. The van der Waals surface area contributed by atoms with Gasteiger partial charge in [-0.3, -0.25) is 4.79 Å². The summed E-state index contributed by atoms with van der Waals surface area (Å²) in [6.45, 7) is 7.04. The van der Waals surface area contributed by atoms with Crippen molar-refractivity contribution in [1.82, 2.24) is 10.2 Å². The van der Waals surface area contributed by atoms with Gasteiger partial charge in [0.15, 0.2) is 5.78 Å². The lowest BCUT2D eigenvalue weighted by molar-refractivity contribution is 0.101. The second kappa shape index (κ2) is 8.04. The van der Waals surface area contributed by atoms with Crippen molar-refractivity contribution >= 4 is 17.5 Å². The van der Waals surface area contributed by atoms with Crippen molar-refractivity contribution in [2.75, 3.05) is 31.1 Å². The van der Waals surface area contributed by atoms with Crippen molar-refractivity contribution in [3.05, 3.63) is 65.2 Å². The Morgan fingerprint density at radius 1 is 1.00 bits per heavy atom. The Hall–Kier alpha value is -2.82. The van der Waals surface area contributed by atoms with Gasteiger partial charge in [-0.25, -0.2) is 4.79 Å². The maximum atomic E-state index is 12.4. The summed E-state index contributed by atoms with van der Waals surface area (Å²) in [5.74, 6) is 0.0703. The van der Waals surface area contributed by atoms with Crippen molar-refractivity contribution in [2.45, 2.75) is 20.4 Å². The number of Topliss-reactive ketones (excluding diaryl/α,β-unsaturated/α-hetero) is 1. The molecule has 1 heterocycles. The molecule has 0 spiro atoms. The predicted octanol–water partition coefficient (Wildman–Crippen LogP) is 3.23. The zero-order chi connectivity index (χ0) is 18.5. The van der Waals surface area contributed by atoms with Crippen LogP contribution in [0.25, 0.3) is 0 Å². The lowest BCUT2D eigenvalue weighted by Crippen LogP contribution is -2.51. The molecule has 5 nitrogen and oxygen atoms in total. The lowest BCUT2D eigenvalue weighted by atomic mass is 10.1. The van der Waals surface area contributed by atoms with Crippen LogP contribution in [0.1, 0.15) is 28.4 Å². The number of nitrogens with one attached hydrogen (secondary N) is 1. The fraction of sp³-hybridized carbons (Fsp3) is 0.333. The van der Waals surface area contributed by atoms with Crippen LogP contribution in [0.3, 0.4) is 0 Å². The van der Waals surface area contributed by atoms with Crippen LogP contribution in [-0.2, 0) is 6.54 Å². The average molecular weight is 351 g/mol. The second-order valence-corrected chi connectivity index (χ2v) is 6.72. The van der Waals surface area contributed by atoms with Crippen LogP contribution in [-0.4, -0.2) is 42.9 Å². The van der Waals surface area contributed by atoms with Gasteiger partial charge >= 0.3 is 6.03 Å². The molecule has 0 aliphatic carbocycles. The van der Waals surface area contributed by atoms with Gasteiger partial charge in [0.05, 0.1) is 0 Å². The summed E-state index contributed by atoms with van der Waals surface area (Å²) in [6, 6.07) is 15.8. The number of carbonyl (C=O) groups excluding carboxylic acids is 2. The number of urea groups is 1. The van der Waals surface area contributed by atoms with E-state index in [1.807, 2.05) is 48.2 Å². The Kier molecular flexibility index (Phi) is 5.56. The molecule has 0 unspecified atom stereocenters. The average Bonchev–Trinajstić information content (AvgIpc) is 2.67. The molecular formula is C21H25N3O2. The minimum absolute atomic E-state index is 0.0253. The maximum Gasteiger partial charge on any atom is 0.317 e. The van der Waals surface area contributed by atoms with Crippen molar-refractivity contribution in [1.29, 1.82) is 0 Å². The summed E-state index contributed by atoms with van der Waals surface area (Å²) in [5, 5.41) is 2.99. The van der Waals surface area contributed by atoms with Crippen LogP contribution in [0.2, 0.25) is 0 Å². The molecule has 2 aromatic rings. The minimum atomic E-state index is -0.0253. The van der Waals surface area contributed by atoms with E-state index in [1.165, 1.54) is 5.56 Å². The summed E-state index contributed by atoms with van der Waals surface area (Å²) in [6.07, 6.45) is 0. The zero-order valence-corrected chi connectivity index (χ0v) is 15.4. The smallest absolute Gasteiger partial charge is 0.317 e. The van der Waals surface area contributed by atoms with Crippen LogP contribution in [0.15, 0.2) is 48.5 Å². The summed E-state index contributed by atoms with van der Waals surface area (Å²) in [4.78, 5) is 28.0. The van der Waals surface area contributed by atoms with Crippen molar-refractivity contribution in [3.8, 4) is 0 Å². The highest BCUT2D eigenvalue weighted by Gasteiger charge is 2.21. The van der Waals surface area contributed by atoms with Crippen LogP contribution in [0, 0.1) is 6.92 Å². The van der Waals surface area contributed by atoms with Gasteiger partial charge in [-0.2, -0.15) is 0 Å². The quantitative estimate of drug-likeness (QED) is 0.861. The van der Waals surface area contributed by atoms with E-state index in [2.05, 4.69) is 22.3 Å². The van der Waals surface area contributed by atoms with Gasteiger partial charge in [-0.05, 0) is 31.5 Å². The molecule has 1 fully saturated rings. The summed E-state index contributed by atoms with van der Waals surface area (Å²) in [7, 11) is 0. The van der Waals surface area contributed by atoms with E-state index in [4.69, 9.17) is 0 Å². The van der Waals surface area contributed by atoms with E-state index in [1.54, 1.807) is 6.92 Å². The summed E-state index contributed by atoms with van der Waals surface area (Å²) < 4.78 is 0. The molecule has 0 radical (unpaired) electrons. The maximum absolute atomic E-state index is 12.4. The fourth-order valence-electron chi connectivity index (χ4n) is 3.08. The first-order chi connectivity index (χ1) is 12.5. The molecule has 0 atom stereocenters.